The quantitative estimate of drug-likeness (QED) is 0.611. The summed E-state index contributed by atoms with van der Waals surface area (Å²) < 4.78 is 0. The molecule has 1 fully saturated rings. The van der Waals surface area contributed by atoms with E-state index in [-0.39, 0.29) is 23.7 Å². The van der Waals surface area contributed by atoms with Crippen LogP contribution in [0.5, 0.6) is 0 Å². The van der Waals surface area contributed by atoms with Gasteiger partial charge in [-0.15, -0.1) is 0 Å². The van der Waals surface area contributed by atoms with Crippen molar-refractivity contribution in [2.24, 2.45) is 0 Å². The summed E-state index contributed by atoms with van der Waals surface area (Å²) in [6, 6.07) is 5.60. The predicted octanol–water partition coefficient (Wildman–Crippen LogP) is 1.66. The molecule has 1 aliphatic rings. The van der Waals surface area contributed by atoms with Crippen molar-refractivity contribution >= 4 is 23.3 Å². The lowest BCUT2D eigenvalue weighted by Gasteiger charge is -2.22. The highest BCUT2D eigenvalue weighted by Gasteiger charge is 2.20. The summed E-state index contributed by atoms with van der Waals surface area (Å²) in [7, 11) is 0. The highest BCUT2D eigenvalue weighted by Crippen LogP contribution is 2.16. The van der Waals surface area contributed by atoms with Crippen LogP contribution in [0.25, 0.3) is 0 Å². The van der Waals surface area contributed by atoms with Crippen LogP contribution in [0.4, 0.5) is 16.2 Å². The predicted molar refractivity (Wildman–Crippen MR) is 98.0 cm³/mol. The number of anilines is 1. The molecule has 26 heavy (non-hydrogen) atoms. The first kappa shape index (κ1) is 19.6. The minimum atomic E-state index is -0.482. The molecule has 1 aliphatic heterocycles. The number of nitrogens with zero attached hydrogens (tertiary/aromatic N) is 3. The maximum Gasteiger partial charge on any atom is 0.321 e. The van der Waals surface area contributed by atoms with Crippen molar-refractivity contribution in [3.05, 3.63) is 34.4 Å². The maximum absolute atomic E-state index is 12.4. The standard InChI is InChI=1S/C17H25N5O4/c1-13(2)18-16(23)12-20-8-3-9-21(11-10-20)17(24)19-14-4-6-15(7-5-14)22(25)26/h4-7,13H,3,8-12H2,1-2H3,(H,18,23)(H,19,24). The van der Waals surface area contributed by atoms with Crippen molar-refractivity contribution in [3.8, 4) is 0 Å². The fraction of sp³-hybridized carbons (Fsp3) is 0.529. The van der Waals surface area contributed by atoms with Gasteiger partial charge in [0.05, 0.1) is 11.5 Å². The van der Waals surface area contributed by atoms with Gasteiger partial charge in [0.1, 0.15) is 0 Å². The van der Waals surface area contributed by atoms with Gasteiger partial charge in [0.2, 0.25) is 5.91 Å². The number of nitro groups is 1. The molecule has 0 atom stereocenters. The molecular formula is C17H25N5O4. The molecule has 1 heterocycles. The number of hydrogen-bond acceptors (Lipinski definition) is 5. The number of carbonyl (C=O) groups is 2. The zero-order chi connectivity index (χ0) is 19.1. The number of rotatable bonds is 5. The van der Waals surface area contributed by atoms with Crippen LogP contribution in [-0.2, 0) is 4.79 Å². The summed E-state index contributed by atoms with van der Waals surface area (Å²) >= 11 is 0. The topological polar surface area (TPSA) is 108 Å². The van der Waals surface area contributed by atoms with Gasteiger partial charge in [0, 0.05) is 50.0 Å². The first-order valence-electron chi connectivity index (χ1n) is 8.67. The van der Waals surface area contributed by atoms with Gasteiger partial charge in [-0.25, -0.2) is 4.79 Å². The molecule has 0 spiro atoms. The van der Waals surface area contributed by atoms with Gasteiger partial charge in [0.25, 0.3) is 5.69 Å². The van der Waals surface area contributed by atoms with Gasteiger partial charge in [0.15, 0.2) is 0 Å². The molecule has 0 aromatic heterocycles. The molecule has 0 aliphatic carbocycles. The van der Waals surface area contributed by atoms with Crippen molar-refractivity contribution in [2.75, 3.05) is 38.0 Å². The molecule has 9 nitrogen and oxygen atoms in total. The minimum absolute atomic E-state index is 0.0104. The van der Waals surface area contributed by atoms with E-state index in [0.717, 1.165) is 13.0 Å². The Bertz CT molecular complexity index is 647. The zero-order valence-electron chi connectivity index (χ0n) is 15.1. The van der Waals surface area contributed by atoms with Crippen LogP contribution in [0.3, 0.4) is 0 Å². The Morgan fingerprint density at radius 3 is 2.46 bits per heavy atom. The lowest BCUT2D eigenvalue weighted by atomic mass is 10.3. The van der Waals surface area contributed by atoms with E-state index >= 15 is 0 Å². The summed E-state index contributed by atoms with van der Waals surface area (Å²) in [5, 5.41) is 16.3. The third kappa shape index (κ3) is 5.99. The molecule has 3 amide bonds. The molecule has 0 radical (unpaired) electrons. The lowest BCUT2D eigenvalue weighted by Crippen LogP contribution is -2.42. The Kier molecular flexibility index (Phi) is 6.90. The minimum Gasteiger partial charge on any atom is -0.353 e. The van der Waals surface area contributed by atoms with E-state index in [1.165, 1.54) is 24.3 Å². The number of nitro benzene ring substituents is 1. The third-order valence-corrected chi connectivity index (χ3v) is 4.02. The van der Waals surface area contributed by atoms with Gasteiger partial charge >= 0.3 is 6.03 Å². The lowest BCUT2D eigenvalue weighted by molar-refractivity contribution is -0.384. The van der Waals surface area contributed by atoms with E-state index in [0.29, 0.717) is 31.9 Å². The maximum atomic E-state index is 12.4. The first-order chi connectivity index (χ1) is 12.3. The number of carbonyl (C=O) groups excluding carboxylic acids is 2. The molecule has 0 saturated carbocycles. The molecule has 2 N–H and O–H groups in total. The molecule has 1 aromatic rings. The normalized spacial score (nSPS) is 15.4. The smallest absolute Gasteiger partial charge is 0.321 e. The third-order valence-electron chi connectivity index (χ3n) is 4.02. The summed E-state index contributed by atoms with van der Waals surface area (Å²) in [6.07, 6.45) is 0.780. The van der Waals surface area contributed by atoms with Crippen LogP contribution in [0.15, 0.2) is 24.3 Å². The van der Waals surface area contributed by atoms with Gasteiger partial charge in [-0.2, -0.15) is 0 Å². The van der Waals surface area contributed by atoms with Crippen molar-refractivity contribution in [1.82, 2.24) is 15.1 Å². The molecular weight excluding hydrogens is 338 g/mol. The van der Waals surface area contributed by atoms with E-state index in [1.54, 1.807) is 4.90 Å². The molecule has 0 unspecified atom stereocenters. The van der Waals surface area contributed by atoms with Crippen LogP contribution < -0.4 is 10.6 Å². The summed E-state index contributed by atoms with van der Waals surface area (Å²) in [5.74, 6) is -0.0104. The zero-order valence-corrected chi connectivity index (χ0v) is 15.1. The van der Waals surface area contributed by atoms with Crippen LogP contribution >= 0.6 is 0 Å². The number of benzene rings is 1. The van der Waals surface area contributed by atoms with Crippen molar-refractivity contribution < 1.29 is 14.5 Å². The Hall–Kier alpha value is -2.68. The number of non-ortho nitro benzene ring substituents is 1. The molecule has 142 valence electrons. The van der Waals surface area contributed by atoms with Crippen LogP contribution in [0.2, 0.25) is 0 Å². The van der Waals surface area contributed by atoms with E-state index < -0.39 is 4.92 Å². The Balaban J connectivity index is 1.84. The Labute approximate surface area is 152 Å². The Morgan fingerprint density at radius 2 is 1.85 bits per heavy atom. The second-order valence-electron chi connectivity index (χ2n) is 6.57. The molecule has 2 rings (SSSR count). The molecule has 9 heteroatoms. The fourth-order valence-corrected chi connectivity index (χ4v) is 2.77. The molecule has 1 aromatic carbocycles. The van der Waals surface area contributed by atoms with Crippen LogP contribution in [-0.4, -0.2) is 65.4 Å². The van der Waals surface area contributed by atoms with E-state index in [4.69, 9.17) is 0 Å². The average molecular weight is 363 g/mol. The average Bonchev–Trinajstić information content (AvgIpc) is 2.80. The Morgan fingerprint density at radius 1 is 1.15 bits per heavy atom. The number of hydrogen-bond donors (Lipinski definition) is 2. The number of nitrogens with one attached hydrogen (secondary N) is 2. The largest absolute Gasteiger partial charge is 0.353 e. The number of urea groups is 1. The monoisotopic (exact) mass is 363 g/mol. The van der Waals surface area contributed by atoms with Crippen molar-refractivity contribution in [2.45, 2.75) is 26.3 Å². The second-order valence-corrected chi connectivity index (χ2v) is 6.57. The van der Waals surface area contributed by atoms with Gasteiger partial charge in [-0.3, -0.25) is 19.8 Å². The second kappa shape index (κ2) is 9.14. The van der Waals surface area contributed by atoms with E-state index in [9.17, 15) is 19.7 Å². The summed E-state index contributed by atoms with van der Waals surface area (Å²) in [6.45, 7) is 6.67. The van der Waals surface area contributed by atoms with Crippen molar-refractivity contribution in [3.63, 3.8) is 0 Å². The van der Waals surface area contributed by atoms with E-state index in [2.05, 4.69) is 10.6 Å². The molecule has 0 bridgehead atoms. The fourth-order valence-electron chi connectivity index (χ4n) is 2.77. The molecule has 1 saturated heterocycles. The highest BCUT2D eigenvalue weighted by atomic mass is 16.6. The van der Waals surface area contributed by atoms with Crippen LogP contribution in [0.1, 0.15) is 20.3 Å². The summed E-state index contributed by atoms with van der Waals surface area (Å²) in [4.78, 5) is 38.2. The van der Waals surface area contributed by atoms with Gasteiger partial charge < -0.3 is 15.5 Å². The van der Waals surface area contributed by atoms with Crippen molar-refractivity contribution in [1.29, 1.82) is 0 Å². The number of amides is 3. The first-order valence-corrected chi connectivity index (χ1v) is 8.67. The highest BCUT2D eigenvalue weighted by molar-refractivity contribution is 5.89. The van der Waals surface area contributed by atoms with Gasteiger partial charge in [-0.1, -0.05) is 0 Å². The summed E-state index contributed by atoms with van der Waals surface area (Å²) in [5.41, 5.74) is 0.492. The van der Waals surface area contributed by atoms with Gasteiger partial charge in [-0.05, 0) is 32.4 Å². The SMILES string of the molecule is CC(C)NC(=O)CN1CCCN(C(=O)Nc2ccc([N+](=O)[O-])cc2)CC1. The van der Waals surface area contributed by atoms with Crippen LogP contribution in [0, 0.1) is 10.1 Å². The van der Waals surface area contributed by atoms with E-state index in [1.807, 2.05) is 18.7 Å².